The fourth-order valence-corrected chi connectivity index (χ4v) is 3.95. The number of hydrogen-bond acceptors (Lipinski definition) is 7. The number of carboxylic acid groups (broad SMARTS) is 1. The van der Waals surface area contributed by atoms with Crippen molar-refractivity contribution in [2.75, 3.05) is 16.3 Å². The number of nitrogens with zero attached hydrogens (tertiary/aromatic N) is 2. The van der Waals surface area contributed by atoms with Crippen molar-refractivity contribution in [3.63, 3.8) is 0 Å². The molecule has 2 rings (SSSR count). The summed E-state index contributed by atoms with van der Waals surface area (Å²) in [4.78, 5) is 23.5. The van der Waals surface area contributed by atoms with E-state index in [0.29, 0.717) is 12.8 Å². The Hall–Kier alpha value is -1.75. The SMILES string of the molecule is CS(=O)(=O)Nc1nnc(NC(=O)C(C(=O)O)C2CCCC2)s1. The van der Waals surface area contributed by atoms with E-state index < -0.39 is 27.8 Å². The molecule has 122 valence electrons. The molecule has 0 aromatic carbocycles. The highest BCUT2D eigenvalue weighted by Crippen LogP contribution is 2.32. The summed E-state index contributed by atoms with van der Waals surface area (Å²) < 4.78 is 24.3. The standard InChI is InChI=1S/C11H16N4O5S2/c1-22(19,20)15-11-14-13-10(21-11)12-8(16)7(9(17)18)6-4-2-3-5-6/h6-7H,2-5H2,1H3,(H,14,15)(H,17,18)(H,12,13,16). The van der Waals surface area contributed by atoms with Crippen LogP contribution in [0.15, 0.2) is 0 Å². The first kappa shape index (κ1) is 16.6. The first-order valence-corrected chi connectivity index (χ1v) is 9.32. The van der Waals surface area contributed by atoms with Gasteiger partial charge in [0.1, 0.15) is 5.92 Å². The highest BCUT2D eigenvalue weighted by molar-refractivity contribution is 7.92. The first-order chi connectivity index (χ1) is 10.3. The van der Waals surface area contributed by atoms with E-state index in [1.165, 1.54) is 0 Å². The van der Waals surface area contributed by atoms with Gasteiger partial charge in [-0.05, 0) is 18.8 Å². The normalized spacial score (nSPS) is 17.1. The van der Waals surface area contributed by atoms with Gasteiger partial charge in [-0.25, -0.2) is 8.42 Å². The maximum atomic E-state index is 12.1. The number of carboxylic acids is 1. The van der Waals surface area contributed by atoms with E-state index in [0.717, 1.165) is 30.4 Å². The van der Waals surface area contributed by atoms with Crippen molar-refractivity contribution < 1.29 is 23.1 Å². The second-order valence-corrected chi connectivity index (χ2v) is 7.86. The summed E-state index contributed by atoms with van der Waals surface area (Å²) in [6.07, 6.45) is 4.22. The molecule has 1 atom stereocenters. The highest BCUT2D eigenvalue weighted by Gasteiger charge is 2.36. The third-order valence-corrected chi connectivity index (χ3v) is 4.80. The quantitative estimate of drug-likeness (QED) is 0.644. The average molecular weight is 348 g/mol. The molecule has 3 N–H and O–H groups in total. The van der Waals surface area contributed by atoms with E-state index in [4.69, 9.17) is 0 Å². The Bertz CT molecular complexity index is 666. The van der Waals surface area contributed by atoms with Gasteiger partial charge in [-0.1, -0.05) is 24.2 Å². The minimum absolute atomic E-state index is 0.00513. The van der Waals surface area contributed by atoms with Crippen molar-refractivity contribution in [1.82, 2.24) is 10.2 Å². The van der Waals surface area contributed by atoms with Crippen LogP contribution in [0.25, 0.3) is 0 Å². The number of amides is 1. The molecule has 0 bridgehead atoms. The molecule has 1 aliphatic carbocycles. The Morgan fingerprint density at radius 1 is 1.27 bits per heavy atom. The number of carbonyl (C=O) groups excluding carboxylic acids is 1. The molecule has 22 heavy (non-hydrogen) atoms. The molecule has 0 radical (unpaired) electrons. The van der Waals surface area contributed by atoms with E-state index >= 15 is 0 Å². The number of aliphatic carboxylic acids is 1. The largest absolute Gasteiger partial charge is 0.481 e. The summed E-state index contributed by atoms with van der Waals surface area (Å²) in [5.74, 6) is -3.12. The van der Waals surface area contributed by atoms with Crippen LogP contribution < -0.4 is 10.0 Å². The molecule has 1 saturated carbocycles. The lowest BCUT2D eigenvalue weighted by Gasteiger charge is -2.17. The van der Waals surface area contributed by atoms with Crippen molar-refractivity contribution in [3.05, 3.63) is 0 Å². The smallest absolute Gasteiger partial charge is 0.316 e. The van der Waals surface area contributed by atoms with Crippen LogP contribution in [0.3, 0.4) is 0 Å². The number of sulfonamides is 1. The van der Waals surface area contributed by atoms with Gasteiger partial charge >= 0.3 is 5.97 Å². The Balaban J connectivity index is 2.05. The van der Waals surface area contributed by atoms with Gasteiger partial charge in [0, 0.05) is 0 Å². The zero-order chi connectivity index (χ0) is 16.3. The van der Waals surface area contributed by atoms with Crippen LogP contribution in [0.1, 0.15) is 25.7 Å². The Morgan fingerprint density at radius 3 is 2.41 bits per heavy atom. The second kappa shape index (κ2) is 6.57. The van der Waals surface area contributed by atoms with Gasteiger partial charge in [-0.15, -0.1) is 10.2 Å². The Kier molecular flexibility index (Phi) is 4.96. The fraction of sp³-hybridized carbons (Fsp3) is 0.636. The molecule has 11 heteroatoms. The molecule has 0 spiro atoms. The Labute approximate surface area is 131 Å². The van der Waals surface area contributed by atoms with Gasteiger partial charge < -0.3 is 5.11 Å². The Morgan fingerprint density at radius 2 is 1.86 bits per heavy atom. The molecule has 1 aromatic heterocycles. The summed E-state index contributed by atoms with van der Waals surface area (Å²) in [5.41, 5.74) is 0. The van der Waals surface area contributed by atoms with Crippen LogP contribution in [0.4, 0.5) is 10.3 Å². The van der Waals surface area contributed by atoms with Gasteiger partial charge in [-0.2, -0.15) is 0 Å². The molecule has 1 fully saturated rings. The number of carbonyl (C=O) groups is 2. The lowest BCUT2D eigenvalue weighted by molar-refractivity contribution is -0.147. The predicted octanol–water partition coefficient (Wildman–Crippen LogP) is 0.739. The van der Waals surface area contributed by atoms with Gasteiger partial charge in [0.25, 0.3) is 0 Å². The molecule has 0 saturated heterocycles. The van der Waals surface area contributed by atoms with E-state index in [1.54, 1.807) is 0 Å². The molecule has 0 aliphatic heterocycles. The molecule has 9 nitrogen and oxygen atoms in total. The van der Waals surface area contributed by atoms with Gasteiger partial charge in [0.2, 0.25) is 26.2 Å². The number of aromatic nitrogens is 2. The minimum atomic E-state index is -3.48. The van der Waals surface area contributed by atoms with Gasteiger partial charge in [0.05, 0.1) is 6.26 Å². The van der Waals surface area contributed by atoms with Crippen LogP contribution in [0, 0.1) is 11.8 Å². The summed E-state index contributed by atoms with van der Waals surface area (Å²) in [7, 11) is -3.48. The van der Waals surface area contributed by atoms with Crippen molar-refractivity contribution >= 4 is 43.5 Å². The zero-order valence-corrected chi connectivity index (χ0v) is 13.4. The summed E-state index contributed by atoms with van der Waals surface area (Å²) >= 11 is 0.822. The van der Waals surface area contributed by atoms with E-state index in [1.807, 2.05) is 0 Å². The minimum Gasteiger partial charge on any atom is -0.481 e. The van der Waals surface area contributed by atoms with Gasteiger partial charge in [-0.3, -0.25) is 19.6 Å². The monoisotopic (exact) mass is 348 g/mol. The van der Waals surface area contributed by atoms with Crippen LogP contribution >= 0.6 is 11.3 Å². The molecule has 1 heterocycles. The molecular weight excluding hydrogens is 332 g/mol. The number of hydrogen-bond donors (Lipinski definition) is 3. The number of rotatable bonds is 6. The predicted molar refractivity (Wildman–Crippen MR) is 80.1 cm³/mol. The lowest BCUT2D eigenvalue weighted by Crippen LogP contribution is -2.34. The topological polar surface area (TPSA) is 138 Å². The zero-order valence-electron chi connectivity index (χ0n) is 11.8. The maximum absolute atomic E-state index is 12.1. The molecular formula is C11H16N4O5S2. The van der Waals surface area contributed by atoms with Crippen LogP contribution in [-0.4, -0.2) is 41.9 Å². The third-order valence-electron chi connectivity index (χ3n) is 3.35. The van der Waals surface area contributed by atoms with Crippen molar-refractivity contribution in [1.29, 1.82) is 0 Å². The molecule has 1 unspecified atom stereocenters. The van der Waals surface area contributed by atoms with E-state index in [-0.39, 0.29) is 16.2 Å². The third kappa shape index (κ3) is 4.37. The average Bonchev–Trinajstić information content (AvgIpc) is 2.99. The van der Waals surface area contributed by atoms with Crippen LogP contribution in [-0.2, 0) is 19.6 Å². The molecule has 1 aliphatic rings. The van der Waals surface area contributed by atoms with Crippen molar-refractivity contribution in [3.8, 4) is 0 Å². The first-order valence-electron chi connectivity index (χ1n) is 6.61. The number of anilines is 2. The fourth-order valence-electron chi connectivity index (χ4n) is 2.48. The van der Waals surface area contributed by atoms with Crippen molar-refractivity contribution in [2.24, 2.45) is 11.8 Å². The number of nitrogens with one attached hydrogen (secondary N) is 2. The summed E-state index contributed by atoms with van der Waals surface area (Å²) in [5, 5.41) is 18.9. The van der Waals surface area contributed by atoms with Crippen molar-refractivity contribution in [2.45, 2.75) is 25.7 Å². The molecule has 1 aromatic rings. The summed E-state index contributed by atoms with van der Waals surface area (Å²) in [6, 6.07) is 0. The van der Waals surface area contributed by atoms with Crippen LogP contribution in [0.5, 0.6) is 0 Å². The lowest BCUT2D eigenvalue weighted by atomic mass is 9.90. The molecule has 1 amide bonds. The van der Waals surface area contributed by atoms with E-state index in [2.05, 4.69) is 20.2 Å². The summed E-state index contributed by atoms with van der Waals surface area (Å²) in [6.45, 7) is 0. The second-order valence-electron chi connectivity index (χ2n) is 5.14. The van der Waals surface area contributed by atoms with E-state index in [9.17, 15) is 23.1 Å². The maximum Gasteiger partial charge on any atom is 0.316 e. The highest BCUT2D eigenvalue weighted by atomic mass is 32.2. The van der Waals surface area contributed by atoms with Crippen LogP contribution in [0.2, 0.25) is 0 Å². The van der Waals surface area contributed by atoms with Gasteiger partial charge in [0.15, 0.2) is 0 Å².